The molecule has 0 bridgehead atoms. The Hall–Kier alpha value is -3.85. The van der Waals surface area contributed by atoms with Crippen LogP contribution in [0, 0.1) is 0 Å². The average molecular weight is 393 g/mol. The van der Waals surface area contributed by atoms with Gasteiger partial charge in [-0.25, -0.2) is 4.79 Å². The Bertz CT molecular complexity index is 1020. The quantitative estimate of drug-likeness (QED) is 0.377. The third-order valence-corrected chi connectivity index (χ3v) is 4.89. The Morgan fingerprint density at radius 2 is 1.17 bits per heavy atom. The van der Waals surface area contributed by atoms with E-state index >= 15 is 0 Å². The molecule has 3 nitrogen and oxygen atoms in total. The van der Waals surface area contributed by atoms with E-state index in [1.807, 2.05) is 115 Å². The van der Waals surface area contributed by atoms with Crippen LogP contribution in [0.2, 0.25) is 0 Å². The van der Waals surface area contributed by atoms with Crippen molar-refractivity contribution in [3.05, 3.63) is 138 Å². The number of anilines is 1. The van der Waals surface area contributed by atoms with Crippen molar-refractivity contribution in [2.24, 2.45) is 0 Å². The monoisotopic (exact) mass is 393 g/mol. The van der Waals surface area contributed by atoms with Gasteiger partial charge >= 0.3 is 5.97 Å². The number of benzene rings is 4. The van der Waals surface area contributed by atoms with E-state index in [9.17, 15) is 4.79 Å². The molecule has 0 heterocycles. The van der Waals surface area contributed by atoms with Gasteiger partial charge in [0.25, 0.3) is 0 Å². The smallest absolute Gasteiger partial charge is 0.339 e. The second-order valence-electron chi connectivity index (χ2n) is 7.02. The zero-order valence-electron chi connectivity index (χ0n) is 16.6. The molecule has 0 saturated heterocycles. The van der Waals surface area contributed by atoms with Crippen LogP contribution in [-0.4, -0.2) is 5.97 Å². The second-order valence-corrected chi connectivity index (χ2v) is 7.02. The van der Waals surface area contributed by atoms with E-state index in [0.717, 1.165) is 22.4 Å². The predicted octanol–water partition coefficient (Wildman–Crippen LogP) is 6.25. The molecule has 0 spiro atoms. The molecule has 0 saturated carbocycles. The van der Waals surface area contributed by atoms with Gasteiger partial charge in [-0.15, -0.1) is 0 Å². The number of esters is 1. The molecule has 0 fully saturated rings. The van der Waals surface area contributed by atoms with E-state index in [1.54, 1.807) is 0 Å². The van der Waals surface area contributed by atoms with Crippen LogP contribution in [0.1, 0.15) is 33.2 Å². The number of rotatable bonds is 7. The summed E-state index contributed by atoms with van der Waals surface area (Å²) in [6.07, 6.45) is -0.445. The Morgan fingerprint density at radius 3 is 1.70 bits per heavy atom. The summed E-state index contributed by atoms with van der Waals surface area (Å²) in [5.41, 5.74) is 4.59. The van der Waals surface area contributed by atoms with Gasteiger partial charge in [0.15, 0.2) is 6.10 Å². The molecule has 0 aliphatic rings. The van der Waals surface area contributed by atoms with Crippen LogP contribution in [0.25, 0.3) is 0 Å². The van der Waals surface area contributed by atoms with Gasteiger partial charge in [-0.05, 0) is 41.0 Å². The van der Waals surface area contributed by atoms with Gasteiger partial charge in [-0.1, -0.05) is 91.0 Å². The van der Waals surface area contributed by atoms with Gasteiger partial charge in [-0.3, -0.25) is 0 Å². The molecule has 4 rings (SSSR count). The maximum Gasteiger partial charge on any atom is 0.339 e. The molecule has 0 unspecified atom stereocenters. The van der Waals surface area contributed by atoms with Gasteiger partial charge in [0, 0.05) is 12.2 Å². The van der Waals surface area contributed by atoms with Crippen LogP contribution in [-0.2, 0) is 11.3 Å². The van der Waals surface area contributed by atoms with Crippen molar-refractivity contribution in [2.75, 3.05) is 5.32 Å². The average Bonchev–Trinajstić information content (AvgIpc) is 2.83. The predicted molar refractivity (Wildman–Crippen MR) is 120 cm³/mol. The minimum atomic E-state index is -0.445. The van der Waals surface area contributed by atoms with E-state index in [4.69, 9.17) is 4.74 Å². The Kier molecular flexibility index (Phi) is 6.21. The Balaban J connectivity index is 1.46. The summed E-state index contributed by atoms with van der Waals surface area (Å²) in [5.74, 6) is -0.338. The van der Waals surface area contributed by atoms with Crippen molar-refractivity contribution >= 4 is 11.7 Å². The van der Waals surface area contributed by atoms with Crippen molar-refractivity contribution in [1.82, 2.24) is 0 Å². The SMILES string of the molecule is O=C(OC(c1ccccc1)c1ccccc1)c1ccc(CNc2ccccc2)cc1. The van der Waals surface area contributed by atoms with Crippen LogP contribution in [0.4, 0.5) is 5.69 Å². The lowest BCUT2D eigenvalue weighted by molar-refractivity contribution is 0.0378. The van der Waals surface area contributed by atoms with Gasteiger partial charge in [-0.2, -0.15) is 0 Å². The molecule has 0 atom stereocenters. The number of carbonyl (C=O) groups excluding carboxylic acids is 1. The summed E-state index contributed by atoms with van der Waals surface area (Å²) in [4.78, 5) is 12.9. The number of hydrogen-bond donors (Lipinski definition) is 1. The minimum absolute atomic E-state index is 0.338. The van der Waals surface area contributed by atoms with Gasteiger partial charge < -0.3 is 10.1 Å². The van der Waals surface area contributed by atoms with Gasteiger partial charge in [0.05, 0.1) is 5.56 Å². The molecule has 4 aromatic carbocycles. The number of nitrogens with one attached hydrogen (secondary N) is 1. The first-order valence-corrected chi connectivity index (χ1v) is 9.98. The zero-order chi connectivity index (χ0) is 20.6. The van der Waals surface area contributed by atoms with Crippen LogP contribution >= 0.6 is 0 Å². The van der Waals surface area contributed by atoms with Crippen LogP contribution in [0.5, 0.6) is 0 Å². The van der Waals surface area contributed by atoms with Crippen molar-refractivity contribution < 1.29 is 9.53 Å². The fourth-order valence-corrected chi connectivity index (χ4v) is 3.28. The number of ether oxygens (including phenoxy) is 1. The summed E-state index contributed by atoms with van der Waals surface area (Å²) >= 11 is 0. The third kappa shape index (κ3) is 4.95. The molecule has 0 aliphatic heterocycles. The van der Waals surface area contributed by atoms with Crippen molar-refractivity contribution in [3.8, 4) is 0 Å². The number of para-hydroxylation sites is 1. The van der Waals surface area contributed by atoms with E-state index in [-0.39, 0.29) is 5.97 Å². The second kappa shape index (κ2) is 9.57. The number of hydrogen-bond acceptors (Lipinski definition) is 3. The van der Waals surface area contributed by atoms with Crippen LogP contribution in [0.3, 0.4) is 0 Å². The molecule has 0 aromatic heterocycles. The third-order valence-electron chi connectivity index (χ3n) is 4.89. The van der Waals surface area contributed by atoms with Crippen molar-refractivity contribution in [3.63, 3.8) is 0 Å². The summed E-state index contributed by atoms with van der Waals surface area (Å²) in [7, 11) is 0. The maximum absolute atomic E-state index is 12.9. The fourth-order valence-electron chi connectivity index (χ4n) is 3.28. The van der Waals surface area contributed by atoms with E-state index in [2.05, 4.69) is 5.32 Å². The maximum atomic E-state index is 12.9. The molecule has 0 aliphatic carbocycles. The number of carbonyl (C=O) groups is 1. The minimum Gasteiger partial charge on any atom is -0.449 e. The molecule has 1 N–H and O–H groups in total. The van der Waals surface area contributed by atoms with E-state index < -0.39 is 6.10 Å². The highest BCUT2D eigenvalue weighted by molar-refractivity contribution is 5.89. The van der Waals surface area contributed by atoms with E-state index in [0.29, 0.717) is 12.1 Å². The molecule has 30 heavy (non-hydrogen) atoms. The summed E-state index contributed by atoms with van der Waals surface area (Å²) in [5, 5.41) is 3.37. The standard InChI is InChI=1S/C27H23NO2/c29-27(24-18-16-21(17-19-24)20-28-25-14-8-3-9-15-25)30-26(22-10-4-1-5-11-22)23-12-6-2-7-13-23/h1-19,26,28H,20H2. The summed E-state index contributed by atoms with van der Waals surface area (Å²) < 4.78 is 5.92. The molecular formula is C27H23NO2. The Labute approximate surface area is 177 Å². The van der Waals surface area contributed by atoms with Gasteiger partial charge in [0.2, 0.25) is 0 Å². The molecule has 148 valence electrons. The fraction of sp³-hybridized carbons (Fsp3) is 0.0741. The van der Waals surface area contributed by atoms with Crippen LogP contribution in [0.15, 0.2) is 115 Å². The lowest BCUT2D eigenvalue weighted by Crippen LogP contribution is -2.13. The Morgan fingerprint density at radius 1 is 0.667 bits per heavy atom. The highest BCUT2D eigenvalue weighted by Gasteiger charge is 2.19. The van der Waals surface area contributed by atoms with Gasteiger partial charge in [0.1, 0.15) is 0 Å². The largest absolute Gasteiger partial charge is 0.449 e. The first kappa shape index (κ1) is 19.5. The van der Waals surface area contributed by atoms with Crippen molar-refractivity contribution in [1.29, 1.82) is 0 Å². The lowest BCUT2D eigenvalue weighted by atomic mass is 10.0. The highest BCUT2D eigenvalue weighted by atomic mass is 16.5. The lowest BCUT2D eigenvalue weighted by Gasteiger charge is -2.19. The normalized spacial score (nSPS) is 10.6. The first-order valence-electron chi connectivity index (χ1n) is 9.98. The highest BCUT2D eigenvalue weighted by Crippen LogP contribution is 2.27. The van der Waals surface area contributed by atoms with E-state index in [1.165, 1.54) is 0 Å². The molecule has 0 amide bonds. The topological polar surface area (TPSA) is 38.3 Å². The van der Waals surface area contributed by atoms with Crippen molar-refractivity contribution in [2.45, 2.75) is 12.6 Å². The molecule has 4 aromatic rings. The molecule has 0 radical (unpaired) electrons. The first-order chi connectivity index (χ1) is 14.8. The van der Waals surface area contributed by atoms with Crippen LogP contribution < -0.4 is 5.32 Å². The summed E-state index contributed by atoms with van der Waals surface area (Å²) in [6.45, 7) is 0.690. The zero-order valence-corrected chi connectivity index (χ0v) is 16.6. The molecular weight excluding hydrogens is 370 g/mol. The summed E-state index contributed by atoms with van der Waals surface area (Å²) in [6, 6.07) is 37.2. The molecule has 3 heteroatoms.